The Morgan fingerprint density at radius 2 is 0.986 bits per heavy atom. The number of rotatable bonds is 16. The Bertz CT molecular complexity index is 2410. The zero-order valence-electron chi connectivity index (χ0n) is 45.8. The lowest BCUT2D eigenvalue weighted by Gasteiger charge is -2.44. The van der Waals surface area contributed by atoms with Crippen molar-refractivity contribution in [1.29, 1.82) is 0 Å². The van der Waals surface area contributed by atoms with Crippen molar-refractivity contribution in [2.45, 2.75) is 161 Å². The molecule has 386 valence electrons. The second kappa shape index (κ2) is 21.5. The van der Waals surface area contributed by atoms with E-state index in [9.17, 15) is 9.90 Å². The molecule has 4 aromatic carbocycles. The van der Waals surface area contributed by atoms with E-state index in [2.05, 4.69) is 95.4 Å². The van der Waals surface area contributed by atoms with Gasteiger partial charge in [0.2, 0.25) is 11.5 Å². The molecule has 2 aliphatic rings. The lowest BCUT2D eigenvalue weighted by Crippen LogP contribution is -2.45. The highest BCUT2D eigenvalue weighted by Gasteiger charge is 2.45. The Morgan fingerprint density at radius 1 is 0.600 bits per heavy atom. The molecule has 0 aromatic heterocycles. The molecule has 14 heteroatoms. The summed E-state index contributed by atoms with van der Waals surface area (Å²) in [6.07, 6.45) is 1.18. The van der Waals surface area contributed by atoms with Crippen molar-refractivity contribution in [3.05, 3.63) is 94.0 Å². The molecule has 0 aliphatic carbocycles. The minimum absolute atomic E-state index is 0.00187. The van der Waals surface area contributed by atoms with Crippen LogP contribution in [0.2, 0.25) is 36.3 Å². The van der Waals surface area contributed by atoms with Gasteiger partial charge < -0.3 is 51.9 Å². The molecule has 2 aliphatic heterocycles. The second-order valence-corrected chi connectivity index (χ2v) is 32.3. The minimum atomic E-state index is -2.04. The molecule has 0 radical (unpaired) electrons. The van der Waals surface area contributed by atoms with Gasteiger partial charge >= 0.3 is 0 Å². The zero-order valence-corrected chi connectivity index (χ0v) is 47.8. The normalized spacial score (nSPS) is 17.8. The predicted octanol–water partition coefficient (Wildman–Crippen LogP) is 13.4. The van der Waals surface area contributed by atoms with Crippen LogP contribution in [0.15, 0.2) is 60.7 Å². The first kappa shape index (κ1) is 56.2. The topological polar surface area (TPSA) is 130 Å². The third kappa shape index (κ3) is 13.0. The van der Waals surface area contributed by atoms with Crippen molar-refractivity contribution in [3.8, 4) is 46.0 Å². The van der Waals surface area contributed by atoms with E-state index in [1.807, 2.05) is 60.7 Å². The summed E-state index contributed by atoms with van der Waals surface area (Å²) in [5.74, 6) is 4.84. The predicted molar refractivity (Wildman–Crippen MR) is 282 cm³/mol. The standard InChI is InChI=1S/C28H42O6Si.C28H40O6Si/c2*1-27(2,3)35(9,10)34-25-17-28(4,5)33-22-12-11-19(16-20(22)25)21(29)13-18-14-23(30-6)26(32-8)24(15-18)31-7/h11-12,14-16,21,25,29H,13,17H2,1-10H3;11-12,14-16,25H,13,17H2,1-10H3. The number of carbonyl (C=O) groups is 1. The maximum Gasteiger partial charge on any atom is 0.203 e. The van der Waals surface area contributed by atoms with E-state index >= 15 is 0 Å². The fourth-order valence-corrected chi connectivity index (χ4v) is 10.9. The van der Waals surface area contributed by atoms with Crippen LogP contribution in [0.4, 0.5) is 0 Å². The number of benzene rings is 4. The number of fused-ring (bicyclic) bond motifs is 2. The molecule has 1 N–H and O–H groups in total. The fourth-order valence-electron chi connectivity index (χ4n) is 8.37. The van der Waals surface area contributed by atoms with Gasteiger partial charge in [0.25, 0.3) is 0 Å². The van der Waals surface area contributed by atoms with Gasteiger partial charge in [0.1, 0.15) is 22.7 Å². The van der Waals surface area contributed by atoms with Crippen LogP contribution in [0.5, 0.6) is 46.0 Å². The zero-order chi connectivity index (χ0) is 52.4. The van der Waals surface area contributed by atoms with E-state index in [4.69, 9.17) is 46.7 Å². The molecular weight excluding hydrogens is 921 g/mol. The van der Waals surface area contributed by atoms with Gasteiger partial charge in [-0.15, -0.1) is 0 Å². The Labute approximate surface area is 420 Å². The van der Waals surface area contributed by atoms with Crippen LogP contribution in [0, 0.1) is 0 Å². The van der Waals surface area contributed by atoms with Crippen LogP contribution < -0.4 is 37.9 Å². The Morgan fingerprint density at radius 3 is 1.37 bits per heavy atom. The average molecular weight is 1000 g/mol. The lowest BCUT2D eigenvalue weighted by atomic mass is 9.89. The van der Waals surface area contributed by atoms with Crippen LogP contribution in [0.1, 0.15) is 139 Å². The van der Waals surface area contributed by atoms with Crippen LogP contribution >= 0.6 is 0 Å². The molecule has 0 amide bonds. The van der Waals surface area contributed by atoms with Crippen LogP contribution in [0.3, 0.4) is 0 Å². The number of hydrogen-bond donors (Lipinski definition) is 1. The highest BCUT2D eigenvalue weighted by molar-refractivity contribution is 6.74. The van der Waals surface area contributed by atoms with Gasteiger partial charge in [-0.1, -0.05) is 47.6 Å². The molecule has 6 rings (SSSR count). The summed E-state index contributed by atoms with van der Waals surface area (Å²) in [5, 5.41) is 11.4. The van der Waals surface area contributed by atoms with Crippen molar-refractivity contribution in [2.24, 2.45) is 0 Å². The van der Waals surface area contributed by atoms with E-state index < -0.39 is 22.7 Å². The van der Waals surface area contributed by atoms with Crippen LogP contribution in [0.25, 0.3) is 0 Å². The third-order valence-corrected chi connectivity index (χ3v) is 23.3. The third-order valence-electron chi connectivity index (χ3n) is 14.3. The van der Waals surface area contributed by atoms with Gasteiger partial charge in [0, 0.05) is 42.4 Å². The molecule has 0 saturated heterocycles. The van der Waals surface area contributed by atoms with Crippen LogP contribution in [-0.2, 0) is 21.7 Å². The van der Waals surface area contributed by atoms with Gasteiger partial charge in [0.15, 0.2) is 45.4 Å². The van der Waals surface area contributed by atoms with Gasteiger partial charge in [-0.05, 0) is 135 Å². The molecule has 3 atom stereocenters. The first-order valence-corrected chi connectivity index (χ1v) is 30.0. The molecule has 0 bridgehead atoms. The van der Waals surface area contributed by atoms with E-state index in [-0.39, 0.29) is 45.7 Å². The molecular formula is C56H82O12Si2. The summed E-state index contributed by atoms with van der Waals surface area (Å²) in [4.78, 5) is 13.3. The van der Waals surface area contributed by atoms with Gasteiger partial charge in [-0.25, -0.2) is 0 Å². The molecule has 0 fully saturated rings. The number of methoxy groups -OCH3 is 6. The van der Waals surface area contributed by atoms with Crippen molar-refractivity contribution in [1.82, 2.24) is 0 Å². The first-order valence-electron chi connectivity index (χ1n) is 24.2. The molecule has 0 saturated carbocycles. The highest BCUT2D eigenvalue weighted by atomic mass is 28.4. The minimum Gasteiger partial charge on any atom is -0.493 e. The van der Waals surface area contributed by atoms with Crippen LogP contribution in [-0.4, -0.2) is 81.4 Å². The Hall–Kier alpha value is -4.74. The number of ether oxygens (including phenoxy) is 8. The summed E-state index contributed by atoms with van der Waals surface area (Å²) < 4.78 is 58.9. The number of ketones is 1. The first-order chi connectivity index (χ1) is 32.4. The summed E-state index contributed by atoms with van der Waals surface area (Å²) in [7, 11) is 5.39. The number of carbonyl (C=O) groups excluding carboxylic acids is 1. The Balaban J connectivity index is 0.000000261. The van der Waals surface area contributed by atoms with E-state index in [1.165, 1.54) is 0 Å². The largest absolute Gasteiger partial charge is 0.493 e. The highest BCUT2D eigenvalue weighted by Crippen LogP contribution is 2.50. The van der Waals surface area contributed by atoms with Gasteiger partial charge in [-0.3, -0.25) is 4.79 Å². The summed E-state index contributed by atoms with van der Waals surface area (Å²) >= 11 is 0. The lowest BCUT2D eigenvalue weighted by molar-refractivity contribution is 0.0159. The summed E-state index contributed by atoms with van der Waals surface area (Å²) in [6, 6.07) is 19.0. The van der Waals surface area contributed by atoms with E-state index in [1.54, 1.807) is 42.7 Å². The number of Topliss-reactive ketones (excluding diaryl/α,β-unsaturated/α-hetero) is 1. The molecule has 4 aromatic rings. The second-order valence-electron chi connectivity index (χ2n) is 22.8. The fraction of sp³-hybridized carbons (Fsp3) is 0.554. The van der Waals surface area contributed by atoms with Crippen molar-refractivity contribution in [3.63, 3.8) is 0 Å². The average Bonchev–Trinajstić information content (AvgIpc) is 3.26. The molecule has 70 heavy (non-hydrogen) atoms. The molecule has 2 heterocycles. The number of hydrogen-bond acceptors (Lipinski definition) is 12. The van der Waals surface area contributed by atoms with Crippen molar-refractivity contribution >= 4 is 22.4 Å². The maximum absolute atomic E-state index is 13.3. The van der Waals surface area contributed by atoms with Crippen molar-refractivity contribution < 1.29 is 56.6 Å². The quantitative estimate of drug-likeness (QED) is 0.0847. The Kier molecular flexibility index (Phi) is 17.3. The smallest absolute Gasteiger partial charge is 0.203 e. The van der Waals surface area contributed by atoms with E-state index in [0.717, 1.165) is 52.2 Å². The maximum atomic E-state index is 13.3. The molecule has 12 nitrogen and oxygen atoms in total. The molecule has 3 unspecified atom stereocenters. The van der Waals surface area contributed by atoms with Crippen molar-refractivity contribution in [2.75, 3.05) is 42.7 Å². The summed E-state index contributed by atoms with van der Waals surface area (Å²) in [5.41, 5.74) is 4.41. The van der Waals surface area contributed by atoms with E-state index in [0.29, 0.717) is 46.5 Å². The molecule has 0 spiro atoms. The number of aliphatic hydroxyl groups excluding tert-OH is 1. The summed E-state index contributed by atoms with van der Waals surface area (Å²) in [6.45, 7) is 30.9. The van der Waals surface area contributed by atoms with Gasteiger partial charge in [0.05, 0.1) is 61.0 Å². The van der Waals surface area contributed by atoms with Gasteiger partial charge in [-0.2, -0.15) is 0 Å². The monoisotopic (exact) mass is 1000 g/mol. The SMILES string of the molecule is COc1cc(CC(=O)c2ccc3c(c2)C(O[Si](C)(C)C(C)(C)C)CC(C)(C)O3)cc(OC)c1OC.COc1cc(CC(O)c2ccc3c(c2)C(O[Si](C)(C)C(C)(C)C)CC(C)(C)O3)cc(OC)c1OC. The number of aliphatic hydroxyl groups is 1.